The quantitative estimate of drug-likeness (QED) is 0.917. The minimum absolute atomic E-state index is 0.0464. The van der Waals surface area contributed by atoms with Gasteiger partial charge in [0.05, 0.1) is 6.20 Å². The molecule has 0 unspecified atom stereocenters. The van der Waals surface area contributed by atoms with E-state index in [0.29, 0.717) is 0 Å². The van der Waals surface area contributed by atoms with Crippen molar-refractivity contribution >= 4 is 17.6 Å². The molecule has 136 valence electrons. The summed E-state index contributed by atoms with van der Waals surface area (Å²) in [6.45, 7) is 1.64. The predicted octanol–water partition coefficient (Wildman–Crippen LogP) is 2.73. The highest BCUT2D eigenvalue weighted by Gasteiger charge is 2.37. The molecule has 2 amide bonds. The molecule has 6 nitrogen and oxygen atoms in total. The Kier molecular flexibility index (Phi) is 4.77. The van der Waals surface area contributed by atoms with Crippen molar-refractivity contribution in [1.82, 2.24) is 14.5 Å². The molecule has 1 aromatic rings. The van der Waals surface area contributed by atoms with Crippen LogP contribution >= 0.6 is 0 Å². The molecule has 3 aliphatic rings. The Morgan fingerprint density at radius 3 is 2.68 bits per heavy atom. The molecule has 0 bridgehead atoms. The average Bonchev–Trinajstić information content (AvgIpc) is 3.29. The molecule has 1 N–H and O–H groups in total. The smallest absolute Gasteiger partial charge is 0.248 e. The standard InChI is InChI=1S/C19H28N4O2/c24-18(21-17-13-20-16-10-4-5-11-23(16)17)15-9-6-12-22(15)19(25)14-7-2-1-3-8-14/h13-15H,1-12H2,(H,21,24)/t15-/m0/s1. The number of carbonyl (C=O) groups excluding carboxylic acids is 2. The molecule has 6 heteroatoms. The van der Waals surface area contributed by atoms with Crippen molar-refractivity contribution in [2.45, 2.75) is 76.8 Å². The number of likely N-dealkylation sites (tertiary alicyclic amines) is 1. The van der Waals surface area contributed by atoms with E-state index in [-0.39, 0.29) is 23.8 Å². The van der Waals surface area contributed by atoms with Crippen LogP contribution in [0.25, 0.3) is 0 Å². The largest absolute Gasteiger partial charge is 0.330 e. The summed E-state index contributed by atoms with van der Waals surface area (Å²) in [5, 5.41) is 3.05. The van der Waals surface area contributed by atoms with Crippen molar-refractivity contribution in [2.24, 2.45) is 5.92 Å². The van der Waals surface area contributed by atoms with Gasteiger partial charge in [0, 0.05) is 25.4 Å². The second-order valence-electron chi connectivity index (χ2n) is 7.68. The molecule has 0 aromatic carbocycles. The number of aromatic nitrogens is 2. The van der Waals surface area contributed by atoms with Crippen LogP contribution in [0.2, 0.25) is 0 Å². The normalized spacial score (nSPS) is 24.2. The molecule has 4 rings (SSSR count). The predicted molar refractivity (Wildman–Crippen MR) is 95.1 cm³/mol. The van der Waals surface area contributed by atoms with Gasteiger partial charge >= 0.3 is 0 Å². The van der Waals surface area contributed by atoms with Crippen LogP contribution in [0.3, 0.4) is 0 Å². The van der Waals surface area contributed by atoms with E-state index in [0.717, 1.165) is 82.5 Å². The third-order valence-corrected chi connectivity index (χ3v) is 6.01. The number of carbonyl (C=O) groups is 2. The van der Waals surface area contributed by atoms with E-state index in [4.69, 9.17) is 0 Å². The molecular formula is C19H28N4O2. The summed E-state index contributed by atoms with van der Waals surface area (Å²) in [5.74, 6) is 2.13. The number of nitrogens with zero attached hydrogens (tertiary/aromatic N) is 3. The lowest BCUT2D eigenvalue weighted by atomic mass is 9.88. The third kappa shape index (κ3) is 3.31. The zero-order valence-corrected chi connectivity index (χ0v) is 14.9. The van der Waals surface area contributed by atoms with Crippen molar-refractivity contribution in [2.75, 3.05) is 11.9 Å². The van der Waals surface area contributed by atoms with E-state index in [9.17, 15) is 9.59 Å². The minimum Gasteiger partial charge on any atom is -0.330 e. The summed E-state index contributed by atoms with van der Waals surface area (Å²) in [5.41, 5.74) is 0. The SMILES string of the molecule is O=C(Nc1cnc2n1CCCC2)[C@@H]1CCCN1C(=O)C1CCCCC1. The number of imidazole rings is 1. The van der Waals surface area contributed by atoms with Crippen LogP contribution in [0, 0.1) is 5.92 Å². The number of amides is 2. The van der Waals surface area contributed by atoms with Gasteiger partial charge in [-0.05, 0) is 38.5 Å². The van der Waals surface area contributed by atoms with Gasteiger partial charge in [-0.2, -0.15) is 0 Å². The van der Waals surface area contributed by atoms with Gasteiger partial charge in [-0.1, -0.05) is 19.3 Å². The molecule has 25 heavy (non-hydrogen) atoms. The van der Waals surface area contributed by atoms with Crippen molar-refractivity contribution in [3.05, 3.63) is 12.0 Å². The Labute approximate surface area is 149 Å². The highest BCUT2D eigenvalue weighted by Crippen LogP contribution is 2.29. The summed E-state index contributed by atoms with van der Waals surface area (Å²) >= 11 is 0. The zero-order valence-electron chi connectivity index (χ0n) is 14.9. The fraction of sp³-hybridized carbons (Fsp3) is 0.737. The summed E-state index contributed by atoms with van der Waals surface area (Å²) in [4.78, 5) is 32.0. The molecule has 1 aliphatic carbocycles. The molecule has 1 saturated carbocycles. The van der Waals surface area contributed by atoms with Gasteiger partial charge < -0.3 is 14.8 Å². The number of nitrogens with one attached hydrogen (secondary N) is 1. The second-order valence-corrected chi connectivity index (χ2v) is 7.68. The molecule has 2 fully saturated rings. The van der Waals surface area contributed by atoms with Crippen LogP contribution in [0.4, 0.5) is 5.82 Å². The van der Waals surface area contributed by atoms with Crippen molar-refractivity contribution in [1.29, 1.82) is 0 Å². The van der Waals surface area contributed by atoms with Gasteiger partial charge in [0.25, 0.3) is 0 Å². The first kappa shape index (κ1) is 16.6. The monoisotopic (exact) mass is 344 g/mol. The maximum Gasteiger partial charge on any atom is 0.248 e. The van der Waals surface area contributed by atoms with E-state index < -0.39 is 0 Å². The van der Waals surface area contributed by atoms with Gasteiger partial charge in [-0.15, -0.1) is 0 Å². The summed E-state index contributed by atoms with van der Waals surface area (Å²) < 4.78 is 2.11. The Hall–Kier alpha value is -1.85. The van der Waals surface area contributed by atoms with E-state index in [1.807, 2.05) is 4.90 Å². The van der Waals surface area contributed by atoms with Crippen molar-refractivity contribution < 1.29 is 9.59 Å². The average molecular weight is 344 g/mol. The molecule has 1 aromatic heterocycles. The molecule has 0 spiro atoms. The van der Waals surface area contributed by atoms with Crippen molar-refractivity contribution in [3.63, 3.8) is 0 Å². The van der Waals surface area contributed by atoms with Crippen LogP contribution in [0.15, 0.2) is 6.20 Å². The fourth-order valence-electron chi connectivity index (χ4n) is 4.61. The van der Waals surface area contributed by atoms with Crippen LogP contribution in [-0.2, 0) is 22.6 Å². The number of aryl methyl sites for hydroxylation is 1. The number of fused-ring (bicyclic) bond motifs is 1. The summed E-state index contributed by atoms with van der Waals surface area (Å²) in [6.07, 6.45) is 12.2. The maximum atomic E-state index is 12.9. The number of anilines is 1. The molecular weight excluding hydrogens is 316 g/mol. The molecule has 3 heterocycles. The number of rotatable bonds is 3. The lowest BCUT2D eigenvalue weighted by Gasteiger charge is -2.30. The van der Waals surface area contributed by atoms with Crippen LogP contribution < -0.4 is 5.32 Å². The first-order chi connectivity index (χ1) is 12.2. The molecule has 1 atom stereocenters. The first-order valence-electron chi connectivity index (χ1n) is 9.90. The lowest BCUT2D eigenvalue weighted by molar-refractivity contribution is -0.141. The summed E-state index contributed by atoms with van der Waals surface area (Å²) in [6, 6.07) is -0.316. The Morgan fingerprint density at radius 2 is 1.84 bits per heavy atom. The first-order valence-corrected chi connectivity index (χ1v) is 9.90. The maximum absolute atomic E-state index is 12.9. The second kappa shape index (κ2) is 7.18. The molecule has 2 aliphatic heterocycles. The fourth-order valence-corrected chi connectivity index (χ4v) is 4.61. The van der Waals surface area contributed by atoms with E-state index in [1.165, 1.54) is 6.42 Å². The van der Waals surface area contributed by atoms with Crippen LogP contribution in [0.5, 0.6) is 0 Å². The van der Waals surface area contributed by atoms with Gasteiger partial charge in [-0.25, -0.2) is 4.98 Å². The Balaban J connectivity index is 1.43. The van der Waals surface area contributed by atoms with E-state index in [1.54, 1.807) is 6.20 Å². The topological polar surface area (TPSA) is 67.2 Å². The highest BCUT2D eigenvalue weighted by molar-refractivity contribution is 5.97. The van der Waals surface area contributed by atoms with Gasteiger partial charge in [0.2, 0.25) is 11.8 Å². The Morgan fingerprint density at radius 1 is 1.00 bits per heavy atom. The van der Waals surface area contributed by atoms with Gasteiger partial charge in [0.15, 0.2) is 0 Å². The number of hydrogen-bond acceptors (Lipinski definition) is 3. The number of hydrogen-bond donors (Lipinski definition) is 1. The Bertz CT molecular complexity index is 648. The van der Waals surface area contributed by atoms with E-state index in [2.05, 4.69) is 14.9 Å². The third-order valence-electron chi connectivity index (χ3n) is 6.01. The van der Waals surface area contributed by atoms with Gasteiger partial charge in [0.1, 0.15) is 17.7 Å². The van der Waals surface area contributed by atoms with E-state index >= 15 is 0 Å². The molecule has 0 radical (unpaired) electrons. The van der Waals surface area contributed by atoms with Crippen molar-refractivity contribution in [3.8, 4) is 0 Å². The zero-order chi connectivity index (χ0) is 17.2. The highest BCUT2D eigenvalue weighted by atomic mass is 16.2. The molecule has 1 saturated heterocycles. The summed E-state index contributed by atoms with van der Waals surface area (Å²) in [7, 11) is 0. The van der Waals surface area contributed by atoms with Gasteiger partial charge in [-0.3, -0.25) is 9.59 Å². The lowest BCUT2D eigenvalue weighted by Crippen LogP contribution is -2.46. The minimum atomic E-state index is -0.316. The van der Waals surface area contributed by atoms with Crippen LogP contribution in [0.1, 0.15) is 63.6 Å². The van der Waals surface area contributed by atoms with Crippen LogP contribution in [-0.4, -0.2) is 38.9 Å².